The Morgan fingerprint density at radius 2 is 1.63 bits per heavy atom. The summed E-state index contributed by atoms with van der Waals surface area (Å²) in [5, 5.41) is 0. The molecule has 0 amide bonds. The zero-order valence-corrected chi connectivity index (χ0v) is 16.1. The molecule has 0 N–H and O–H groups in total. The monoisotopic (exact) mass is 401 g/mol. The van der Waals surface area contributed by atoms with Crippen LogP contribution in [-0.2, 0) is 28.6 Å². The van der Waals surface area contributed by atoms with Crippen LogP contribution >= 0.6 is 11.8 Å². The van der Waals surface area contributed by atoms with Crippen LogP contribution in [0.1, 0.15) is 26.5 Å². The van der Waals surface area contributed by atoms with E-state index in [0.29, 0.717) is 5.69 Å². The Labute approximate surface area is 159 Å². The SMILES string of the molecule is CC(=O)O[C@@H]1[C@@H](OC(C)=O)[C@H](OC(C)=O)CS[C@H]1Oc1ccc(C)nc1F. The zero-order valence-electron chi connectivity index (χ0n) is 15.3. The molecule has 1 aromatic heterocycles. The molecule has 1 saturated heterocycles. The topological polar surface area (TPSA) is 101 Å². The lowest BCUT2D eigenvalue weighted by molar-refractivity contribution is -0.186. The molecular formula is C17H20FNO7S. The predicted octanol–water partition coefficient (Wildman–Crippen LogP) is 1.78. The minimum absolute atomic E-state index is 0.136. The van der Waals surface area contributed by atoms with Crippen molar-refractivity contribution in [3.63, 3.8) is 0 Å². The number of aryl methyl sites for hydroxylation is 1. The number of carbonyl (C=O) groups excluding carboxylic acids is 3. The van der Waals surface area contributed by atoms with E-state index in [1.54, 1.807) is 13.0 Å². The Kier molecular flexibility index (Phi) is 7.00. The minimum atomic E-state index is -1.12. The minimum Gasteiger partial charge on any atom is -0.471 e. The van der Waals surface area contributed by atoms with Crippen LogP contribution in [0.3, 0.4) is 0 Å². The van der Waals surface area contributed by atoms with E-state index >= 15 is 0 Å². The standard InChI is InChI=1S/C17H20FNO7S/c1-8-5-6-12(16(18)19-8)26-17-15(25-11(4)22)14(24-10(3)21)13(7-27-17)23-9(2)20/h5-6,13-15,17H,7H2,1-4H3/t13-,14+,15-,17-/m1/s1. The van der Waals surface area contributed by atoms with E-state index < -0.39 is 47.6 Å². The van der Waals surface area contributed by atoms with Gasteiger partial charge in [-0.1, -0.05) is 0 Å². The first kappa shape index (κ1) is 20.9. The molecule has 0 unspecified atom stereocenters. The summed E-state index contributed by atoms with van der Waals surface area (Å²) in [5.41, 5.74) is -0.426. The quantitative estimate of drug-likeness (QED) is 0.415. The highest BCUT2D eigenvalue weighted by molar-refractivity contribution is 7.99. The Morgan fingerprint density at radius 3 is 2.19 bits per heavy atom. The first-order valence-electron chi connectivity index (χ1n) is 8.10. The van der Waals surface area contributed by atoms with Crippen LogP contribution in [0.15, 0.2) is 12.1 Å². The van der Waals surface area contributed by atoms with Gasteiger partial charge in [-0.25, -0.2) is 4.98 Å². The maximum atomic E-state index is 14.0. The summed E-state index contributed by atoms with van der Waals surface area (Å²) in [7, 11) is 0. The molecule has 1 fully saturated rings. The molecular weight excluding hydrogens is 381 g/mol. The Bertz CT molecular complexity index is 729. The Morgan fingerprint density at radius 1 is 1.04 bits per heavy atom. The summed E-state index contributed by atoms with van der Waals surface area (Å²) < 4.78 is 35.4. The van der Waals surface area contributed by atoms with Crippen LogP contribution in [0.2, 0.25) is 0 Å². The van der Waals surface area contributed by atoms with E-state index in [2.05, 4.69) is 4.98 Å². The van der Waals surface area contributed by atoms with Crippen molar-refractivity contribution in [2.75, 3.05) is 5.75 Å². The molecule has 0 spiro atoms. The molecule has 27 heavy (non-hydrogen) atoms. The fourth-order valence-electron chi connectivity index (χ4n) is 2.54. The van der Waals surface area contributed by atoms with Crippen LogP contribution in [0.25, 0.3) is 0 Å². The van der Waals surface area contributed by atoms with Gasteiger partial charge < -0.3 is 18.9 Å². The molecule has 148 valence electrons. The van der Waals surface area contributed by atoms with Crippen molar-refractivity contribution in [1.82, 2.24) is 4.98 Å². The van der Waals surface area contributed by atoms with Gasteiger partial charge in [0.15, 0.2) is 29.5 Å². The fraction of sp³-hybridized carbons (Fsp3) is 0.529. The molecule has 4 atom stereocenters. The average molecular weight is 401 g/mol. The highest BCUT2D eigenvalue weighted by Crippen LogP contribution is 2.34. The van der Waals surface area contributed by atoms with Gasteiger partial charge in [0.2, 0.25) is 0 Å². The molecule has 1 aliphatic heterocycles. The van der Waals surface area contributed by atoms with Crippen molar-refractivity contribution >= 4 is 29.7 Å². The second kappa shape index (κ2) is 9.03. The summed E-state index contributed by atoms with van der Waals surface area (Å²) in [5.74, 6) is -2.64. The molecule has 8 nitrogen and oxygen atoms in total. The average Bonchev–Trinajstić information content (AvgIpc) is 2.53. The number of aromatic nitrogens is 1. The van der Waals surface area contributed by atoms with Crippen LogP contribution in [0, 0.1) is 12.9 Å². The lowest BCUT2D eigenvalue weighted by Crippen LogP contribution is -2.55. The number of carbonyl (C=O) groups is 3. The van der Waals surface area contributed by atoms with Crippen molar-refractivity contribution in [2.24, 2.45) is 0 Å². The van der Waals surface area contributed by atoms with Crippen LogP contribution in [-0.4, -0.2) is 52.4 Å². The van der Waals surface area contributed by atoms with E-state index in [1.165, 1.54) is 26.8 Å². The maximum Gasteiger partial charge on any atom is 0.303 e. The molecule has 2 rings (SSSR count). The molecule has 0 bridgehead atoms. The highest BCUT2D eigenvalue weighted by Gasteiger charge is 2.47. The van der Waals surface area contributed by atoms with Gasteiger partial charge in [-0.15, -0.1) is 11.8 Å². The summed E-state index contributed by atoms with van der Waals surface area (Å²) in [4.78, 5) is 38.1. The number of halogens is 1. The van der Waals surface area contributed by atoms with Crippen LogP contribution in [0.5, 0.6) is 5.75 Å². The van der Waals surface area contributed by atoms with Gasteiger partial charge in [0.05, 0.1) is 0 Å². The van der Waals surface area contributed by atoms with E-state index in [0.717, 1.165) is 11.8 Å². The lowest BCUT2D eigenvalue weighted by atomic mass is 10.1. The Balaban J connectivity index is 2.30. The molecule has 0 radical (unpaired) electrons. The smallest absolute Gasteiger partial charge is 0.303 e. The number of ether oxygens (including phenoxy) is 4. The van der Waals surface area contributed by atoms with Crippen molar-refractivity contribution in [3.05, 3.63) is 23.8 Å². The maximum absolute atomic E-state index is 14.0. The van der Waals surface area contributed by atoms with E-state index in [-0.39, 0.29) is 11.5 Å². The van der Waals surface area contributed by atoms with Gasteiger partial charge in [-0.2, -0.15) is 4.39 Å². The predicted molar refractivity (Wildman–Crippen MR) is 92.5 cm³/mol. The third kappa shape index (κ3) is 5.81. The second-order valence-electron chi connectivity index (χ2n) is 5.86. The third-order valence-corrected chi connectivity index (χ3v) is 4.72. The van der Waals surface area contributed by atoms with Gasteiger partial charge in [-0.3, -0.25) is 14.4 Å². The van der Waals surface area contributed by atoms with Gasteiger partial charge in [-0.05, 0) is 19.1 Å². The van der Waals surface area contributed by atoms with Gasteiger partial charge in [0.25, 0.3) is 5.95 Å². The number of hydrogen-bond acceptors (Lipinski definition) is 9. The molecule has 2 heterocycles. The molecule has 1 aliphatic rings. The molecule has 1 aromatic rings. The number of thioether (sulfide) groups is 1. The lowest BCUT2D eigenvalue weighted by Gasteiger charge is -2.39. The molecule has 10 heteroatoms. The van der Waals surface area contributed by atoms with Crippen molar-refractivity contribution in [3.8, 4) is 5.75 Å². The van der Waals surface area contributed by atoms with E-state index in [4.69, 9.17) is 18.9 Å². The summed E-state index contributed by atoms with van der Waals surface area (Å²) >= 11 is 1.14. The second-order valence-corrected chi connectivity index (χ2v) is 6.99. The number of rotatable bonds is 5. The summed E-state index contributed by atoms with van der Waals surface area (Å²) in [6.45, 7) is 5.20. The van der Waals surface area contributed by atoms with Crippen LogP contribution in [0.4, 0.5) is 4.39 Å². The van der Waals surface area contributed by atoms with Gasteiger partial charge in [0, 0.05) is 32.2 Å². The van der Waals surface area contributed by atoms with E-state index in [9.17, 15) is 18.8 Å². The van der Waals surface area contributed by atoms with Crippen LogP contribution < -0.4 is 4.74 Å². The van der Waals surface area contributed by atoms with Crippen molar-refractivity contribution < 1.29 is 37.7 Å². The van der Waals surface area contributed by atoms with Crippen molar-refractivity contribution in [2.45, 2.75) is 51.4 Å². The normalized spacial score (nSPS) is 24.6. The highest BCUT2D eigenvalue weighted by atomic mass is 32.2. The molecule has 0 saturated carbocycles. The fourth-order valence-corrected chi connectivity index (χ4v) is 3.74. The van der Waals surface area contributed by atoms with E-state index in [1.807, 2.05) is 0 Å². The first-order chi connectivity index (χ1) is 12.7. The number of nitrogens with zero attached hydrogens (tertiary/aromatic N) is 1. The third-order valence-electron chi connectivity index (χ3n) is 3.50. The zero-order chi connectivity index (χ0) is 20.1. The number of pyridine rings is 1. The number of esters is 3. The Hall–Kier alpha value is -2.36. The summed E-state index contributed by atoms with van der Waals surface area (Å²) in [6.07, 6.45) is -3.06. The largest absolute Gasteiger partial charge is 0.471 e. The number of hydrogen-bond donors (Lipinski definition) is 0. The van der Waals surface area contributed by atoms with Crippen molar-refractivity contribution in [1.29, 1.82) is 0 Å². The van der Waals surface area contributed by atoms with Gasteiger partial charge in [0.1, 0.15) is 0 Å². The molecule has 0 aromatic carbocycles. The molecule has 0 aliphatic carbocycles. The first-order valence-corrected chi connectivity index (χ1v) is 9.15. The van der Waals surface area contributed by atoms with Gasteiger partial charge >= 0.3 is 17.9 Å². The summed E-state index contributed by atoms with van der Waals surface area (Å²) in [6, 6.07) is 2.97.